The number of benzene rings is 1. The summed E-state index contributed by atoms with van der Waals surface area (Å²) in [5, 5.41) is 6.26. The van der Waals surface area contributed by atoms with Crippen LogP contribution in [0.1, 0.15) is 17.4 Å². The lowest BCUT2D eigenvalue weighted by molar-refractivity contribution is 0.0519. The van der Waals surface area contributed by atoms with Gasteiger partial charge in [0.2, 0.25) is 0 Å². The van der Waals surface area contributed by atoms with Crippen LogP contribution in [0.25, 0.3) is 16.3 Å². The fourth-order valence-electron chi connectivity index (χ4n) is 2.06. The molecule has 0 bridgehead atoms. The van der Waals surface area contributed by atoms with E-state index in [0.717, 1.165) is 10.6 Å². The molecule has 3 aromatic rings. The minimum Gasteiger partial charge on any atom is -0.461 e. The number of nitrogens with zero attached hydrogens (tertiary/aromatic N) is 2. The highest BCUT2D eigenvalue weighted by Crippen LogP contribution is 2.28. The molecule has 0 aliphatic carbocycles. The molecule has 4 nitrogen and oxygen atoms in total. The molecule has 22 heavy (non-hydrogen) atoms. The van der Waals surface area contributed by atoms with Gasteiger partial charge in [-0.05, 0) is 42.6 Å². The number of hydrogen-bond acceptors (Lipinski definition) is 4. The molecule has 6 heteroatoms. The monoisotopic (exact) mass is 316 g/mol. The Morgan fingerprint density at radius 3 is 2.73 bits per heavy atom. The number of hydrogen-bond donors (Lipinski definition) is 0. The normalized spacial score (nSPS) is 10.6. The zero-order chi connectivity index (χ0) is 15.5. The number of halogens is 1. The van der Waals surface area contributed by atoms with Crippen molar-refractivity contribution >= 4 is 17.3 Å². The Bertz CT molecular complexity index is 779. The second kappa shape index (κ2) is 6.11. The molecule has 0 amide bonds. The summed E-state index contributed by atoms with van der Waals surface area (Å²) in [6.45, 7) is 2.03. The second-order valence-electron chi connectivity index (χ2n) is 4.50. The Hall–Kier alpha value is -2.47. The first kappa shape index (κ1) is 14.5. The van der Waals surface area contributed by atoms with Crippen molar-refractivity contribution < 1.29 is 13.9 Å². The molecule has 2 aromatic heterocycles. The van der Waals surface area contributed by atoms with Crippen molar-refractivity contribution in [2.75, 3.05) is 6.61 Å². The van der Waals surface area contributed by atoms with E-state index in [1.807, 2.05) is 17.5 Å². The first-order valence-electron chi connectivity index (χ1n) is 6.76. The molecular formula is C16H13FN2O2S. The van der Waals surface area contributed by atoms with E-state index in [-0.39, 0.29) is 18.1 Å². The van der Waals surface area contributed by atoms with E-state index < -0.39 is 5.97 Å². The van der Waals surface area contributed by atoms with Crippen LogP contribution in [-0.4, -0.2) is 22.4 Å². The van der Waals surface area contributed by atoms with Crippen molar-refractivity contribution in [2.45, 2.75) is 6.92 Å². The molecule has 0 radical (unpaired) electrons. The van der Waals surface area contributed by atoms with Gasteiger partial charge in [-0.2, -0.15) is 5.10 Å². The number of carbonyl (C=O) groups excluding carboxylic acids is 1. The molecule has 0 N–H and O–H groups in total. The fraction of sp³-hybridized carbons (Fsp3) is 0.125. The van der Waals surface area contributed by atoms with Crippen molar-refractivity contribution in [3.8, 4) is 16.3 Å². The summed E-state index contributed by atoms with van der Waals surface area (Å²) in [5.41, 5.74) is 1.68. The first-order valence-corrected chi connectivity index (χ1v) is 7.64. The number of carbonyl (C=O) groups is 1. The van der Waals surface area contributed by atoms with Crippen LogP contribution < -0.4 is 0 Å². The largest absolute Gasteiger partial charge is 0.461 e. The van der Waals surface area contributed by atoms with Crippen molar-refractivity contribution in [2.24, 2.45) is 0 Å². The molecule has 112 valence electrons. The zero-order valence-corrected chi connectivity index (χ0v) is 12.6. The Balaban J connectivity index is 2.10. The molecule has 0 atom stereocenters. The topological polar surface area (TPSA) is 44.1 Å². The molecular weight excluding hydrogens is 303 g/mol. The molecule has 3 rings (SSSR count). The summed E-state index contributed by atoms with van der Waals surface area (Å²) in [7, 11) is 0. The molecule has 0 fully saturated rings. The smallest absolute Gasteiger partial charge is 0.358 e. The highest BCUT2D eigenvalue weighted by molar-refractivity contribution is 7.13. The Labute approximate surface area is 130 Å². The summed E-state index contributed by atoms with van der Waals surface area (Å²) in [4.78, 5) is 12.9. The van der Waals surface area contributed by atoms with Gasteiger partial charge in [0.05, 0.1) is 22.9 Å². The minimum absolute atomic E-state index is 0.231. The predicted octanol–water partition coefficient (Wildman–Crippen LogP) is 3.92. The average molecular weight is 316 g/mol. The van der Waals surface area contributed by atoms with Gasteiger partial charge in [-0.15, -0.1) is 11.3 Å². The van der Waals surface area contributed by atoms with Crippen molar-refractivity contribution in [3.05, 3.63) is 59.4 Å². The molecule has 1 aromatic carbocycles. The van der Waals surface area contributed by atoms with E-state index in [0.29, 0.717) is 5.69 Å². The lowest BCUT2D eigenvalue weighted by atomic mass is 10.2. The molecule has 0 unspecified atom stereocenters. The van der Waals surface area contributed by atoms with Gasteiger partial charge in [-0.3, -0.25) is 0 Å². The van der Waals surface area contributed by atoms with Gasteiger partial charge < -0.3 is 4.74 Å². The summed E-state index contributed by atoms with van der Waals surface area (Å²) in [5.74, 6) is -0.791. The summed E-state index contributed by atoms with van der Waals surface area (Å²) in [6.07, 6.45) is 0. The van der Waals surface area contributed by atoms with Crippen molar-refractivity contribution in [1.82, 2.24) is 9.78 Å². The van der Waals surface area contributed by atoms with Crippen LogP contribution in [0.4, 0.5) is 4.39 Å². The van der Waals surface area contributed by atoms with Gasteiger partial charge in [-0.1, -0.05) is 6.07 Å². The maximum atomic E-state index is 13.1. The predicted molar refractivity (Wildman–Crippen MR) is 82.8 cm³/mol. The van der Waals surface area contributed by atoms with Crippen LogP contribution in [0.15, 0.2) is 47.8 Å². The van der Waals surface area contributed by atoms with Gasteiger partial charge in [0, 0.05) is 6.07 Å². The average Bonchev–Trinajstić information content (AvgIpc) is 3.17. The van der Waals surface area contributed by atoms with E-state index >= 15 is 0 Å². The van der Waals surface area contributed by atoms with Crippen LogP contribution >= 0.6 is 11.3 Å². The fourth-order valence-corrected chi connectivity index (χ4v) is 2.79. The molecule has 0 spiro atoms. The SMILES string of the molecule is CCOC(=O)c1cc(-c2cccs2)n(-c2ccc(F)cc2)n1. The lowest BCUT2D eigenvalue weighted by Gasteiger charge is -2.05. The third-order valence-corrected chi connectivity index (χ3v) is 3.93. The second-order valence-corrected chi connectivity index (χ2v) is 5.45. The number of esters is 1. The number of rotatable bonds is 4. The van der Waals surface area contributed by atoms with Crippen LogP contribution in [0.2, 0.25) is 0 Å². The molecule has 0 saturated heterocycles. The number of aromatic nitrogens is 2. The third-order valence-electron chi connectivity index (χ3n) is 3.04. The van der Waals surface area contributed by atoms with Crippen LogP contribution in [0.5, 0.6) is 0 Å². The quantitative estimate of drug-likeness (QED) is 0.685. The van der Waals surface area contributed by atoms with Crippen LogP contribution in [0, 0.1) is 5.82 Å². The third kappa shape index (κ3) is 2.78. The van der Waals surface area contributed by atoms with E-state index in [1.165, 1.54) is 23.5 Å². The standard InChI is InChI=1S/C16H13FN2O2S/c1-2-21-16(20)13-10-14(15-4-3-9-22-15)19(18-13)12-7-5-11(17)6-8-12/h3-10H,2H2,1H3. The molecule has 0 saturated carbocycles. The Morgan fingerprint density at radius 2 is 2.09 bits per heavy atom. The van der Waals surface area contributed by atoms with Gasteiger partial charge in [0.15, 0.2) is 5.69 Å². The van der Waals surface area contributed by atoms with Crippen LogP contribution in [0.3, 0.4) is 0 Å². The maximum Gasteiger partial charge on any atom is 0.358 e. The highest BCUT2D eigenvalue weighted by atomic mass is 32.1. The highest BCUT2D eigenvalue weighted by Gasteiger charge is 2.18. The summed E-state index contributed by atoms with van der Waals surface area (Å²) >= 11 is 1.54. The summed E-state index contributed by atoms with van der Waals surface area (Å²) < 4.78 is 19.7. The maximum absolute atomic E-state index is 13.1. The molecule has 0 aliphatic heterocycles. The molecule has 2 heterocycles. The number of ether oxygens (including phenoxy) is 1. The first-order chi connectivity index (χ1) is 10.7. The van der Waals surface area contributed by atoms with Gasteiger partial charge >= 0.3 is 5.97 Å². The summed E-state index contributed by atoms with van der Waals surface area (Å²) in [6, 6.07) is 11.5. The Kier molecular flexibility index (Phi) is 4.02. The number of thiophene rings is 1. The van der Waals surface area contributed by atoms with E-state index in [1.54, 1.807) is 29.8 Å². The van der Waals surface area contributed by atoms with Gasteiger partial charge in [0.25, 0.3) is 0 Å². The van der Waals surface area contributed by atoms with Gasteiger partial charge in [0.1, 0.15) is 5.82 Å². The van der Waals surface area contributed by atoms with Crippen molar-refractivity contribution in [3.63, 3.8) is 0 Å². The zero-order valence-electron chi connectivity index (χ0n) is 11.8. The van der Waals surface area contributed by atoms with Gasteiger partial charge in [-0.25, -0.2) is 13.9 Å². The molecule has 0 aliphatic rings. The van der Waals surface area contributed by atoms with Crippen molar-refractivity contribution in [1.29, 1.82) is 0 Å². The lowest BCUT2D eigenvalue weighted by Crippen LogP contribution is -2.06. The van der Waals surface area contributed by atoms with Crippen LogP contribution in [-0.2, 0) is 4.74 Å². The van der Waals surface area contributed by atoms with E-state index in [9.17, 15) is 9.18 Å². The van der Waals surface area contributed by atoms with E-state index in [4.69, 9.17) is 4.74 Å². The van der Waals surface area contributed by atoms with E-state index in [2.05, 4.69) is 5.10 Å². The Morgan fingerprint density at radius 1 is 1.32 bits per heavy atom. The minimum atomic E-state index is -0.471.